The van der Waals surface area contributed by atoms with Crippen LogP contribution in [0.3, 0.4) is 0 Å². The lowest BCUT2D eigenvalue weighted by molar-refractivity contribution is -0.132. The maximum absolute atomic E-state index is 12.8. The molecule has 7 nitrogen and oxygen atoms in total. The Balaban J connectivity index is 1.70. The summed E-state index contributed by atoms with van der Waals surface area (Å²) in [6.45, 7) is 1.30. The molecular weight excluding hydrogens is 370 g/mol. The van der Waals surface area contributed by atoms with Crippen molar-refractivity contribution in [3.05, 3.63) is 64.8 Å². The number of phenols is 1. The first-order valence-corrected chi connectivity index (χ1v) is 9.42. The molecule has 0 aliphatic carbocycles. The fourth-order valence-corrected chi connectivity index (χ4v) is 4.49. The van der Waals surface area contributed by atoms with Crippen LogP contribution in [-0.4, -0.2) is 51.3 Å². The van der Waals surface area contributed by atoms with Gasteiger partial charge in [-0.25, -0.2) is 4.79 Å². The molecule has 1 unspecified atom stereocenters. The van der Waals surface area contributed by atoms with E-state index in [-0.39, 0.29) is 17.7 Å². The number of fused-ring (bicyclic) bond motifs is 6. The van der Waals surface area contributed by atoms with Crippen LogP contribution in [0.25, 0.3) is 10.9 Å². The fourth-order valence-electron chi connectivity index (χ4n) is 4.49. The molecule has 2 aliphatic heterocycles. The van der Waals surface area contributed by atoms with E-state index in [1.165, 1.54) is 11.9 Å². The second-order valence-electron chi connectivity index (χ2n) is 7.62. The standard InChI is InChI=1S/C22H19N3O4/c1-23-21(28)17-10-24(22(23)29)11-19-20(17)16-8-15(27)6-7-18(16)25(19)9-13-2-4-14(12-26)5-3-13/h2-8,12,17,27H,9-11H2,1H3. The Hall–Kier alpha value is -3.61. The predicted molar refractivity (Wildman–Crippen MR) is 106 cm³/mol. The number of phenolic OH excluding ortho intramolecular Hbond substituents is 1. The summed E-state index contributed by atoms with van der Waals surface area (Å²) >= 11 is 0. The van der Waals surface area contributed by atoms with Crippen molar-refractivity contribution in [1.82, 2.24) is 14.4 Å². The van der Waals surface area contributed by atoms with Gasteiger partial charge in [0.25, 0.3) is 0 Å². The van der Waals surface area contributed by atoms with Crippen molar-refractivity contribution < 1.29 is 19.5 Å². The number of nitrogens with zero attached hydrogens (tertiary/aromatic N) is 3. The van der Waals surface area contributed by atoms with Crippen LogP contribution in [0.1, 0.15) is 33.1 Å². The van der Waals surface area contributed by atoms with Gasteiger partial charge in [-0.05, 0) is 29.3 Å². The Morgan fingerprint density at radius 1 is 1.14 bits per heavy atom. The van der Waals surface area contributed by atoms with Gasteiger partial charge >= 0.3 is 6.03 Å². The Morgan fingerprint density at radius 2 is 1.90 bits per heavy atom. The zero-order chi connectivity index (χ0) is 20.3. The van der Waals surface area contributed by atoms with Crippen LogP contribution in [0.2, 0.25) is 0 Å². The highest BCUT2D eigenvalue weighted by Gasteiger charge is 2.44. The Kier molecular flexibility index (Phi) is 3.74. The molecule has 3 heterocycles. The number of carbonyl (C=O) groups excluding carboxylic acids is 3. The lowest BCUT2D eigenvalue weighted by Gasteiger charge is -2.41. The van der Waals surface area contributed by atoms with Crippen LogP contribution in [0.5, 0.6) is 5.75 Å². The molecule has 1 atom stereocenters. The lowest BCUT2D eigenvalue weighted by Crippen LogP contribution is -2.56. The Labute approximate surface area is 166 Å². The van der Waals surface area contributed by atoms with Crippen LogP contribution < -0.4 is 0 Å². The predicted octanol–water partition coefficient (Wildman–Crippen LogP) is 2.70. The highest BCUT2D eigenvalue weighted by molar-refractivity contribution is 6.04. The maximum atomic E-state index is 12.8. The summed E-state index contributed by atoms with van der Waals surface area (Å²) in [6.07, 6.45) is 0.807. The third-order valence-electron chi connectivity index (χ3n) is 5.93. The van der Waals surface area contributed by atoms with Gasteiger partial charge < -0.3 is 14.6 Å². The SMILES string of the molecule is CN1C(=O)C2CN(Cc3c2c2cc(O)ccc2n3Cc2ccc(C=O)cc2)C1=O. The molecule has 0 saturated carbocycles. The van der Waals surface area contributed by atoms with Crippen molar-refractivity contribution >= 4 is 29.1 Å². The van der Waals surface area contributed by atoms with E-state index in [1.807, 2.05) is 18.2 Å². The lowest BCUT2D eigenvalue weighted by atomic mass is 9.89. The number of hydrogen-bond donors (Lipinski definition) is 1. The van der Waals surface area contributed by atoms with Gasteiger partial charge in [0, 0.05) is 42.3 Å². The Morgan fingerprint density at radius 3 is 2.62 bits per heavy atom. The van der Waals surface area contributed by atoms with E-state index in [9.17, 15) is 19.5 Å². The van der Waals surface area contributed by atoms with E-state index in [0.717, 1.165) is 34.0 Å². The van der Waals surface area contributed by atoms with Crippen LogP contribution >= 0.6 is 0 Å². The summed E-state index contributed by atoms with van der Waals surface area (Å²) in [4.78, 5) is 39.2. The van der Waals surface area contributed by atoms with E-state index in [2.05, 4.69) is 4.57 Å². The number of benzene rings is 2. The minimum atomic E-state index is -0.440. The number of aromatic nitrogens is 1. The van der Waals surface area contributed by atoms with Gasteiger partial charge in [0.05, 0.1) is 12.5 Å². The number of imide groups is 1. The molecule has 29 heavy (non-hydrogen) atoms. The molecule has 2 aromatic carbocycles. The first-order chi connectivity index (χ1) is 14.0. The van der Waals surface area contributed by atoms with Crippen LogP contribution in [0, 0.1) is 0 Å². The molecule has 146 valence electrons. The highest BCUT2D eigenvalue weighted by atomic mass is 16.3. The molecule has 1 fully saturated rings. The highest BCUT2D eigenvalue weighted by Crippen LogP contribution is 2.41. The summed E-state index contributed by atoms with van der Waals surface area (Å²) in [5.41, 5.74) is 4.32. The van der Waals surface area contributed by atoms with Crippen molar-refractivity contribution in [3.63, 3.8) is 0 Å². The van der Waals surface area contributed by atoms with Crippen molar-refractivity contribution in [3.8, 4) is 5.75 Å². The summed E-state index contributed by atoms with van der Waals surface area (Å²) in [5, 5.41) is 10.9. The minimum Gasteiger partial charge on any atom is -0.508 e. The maximum Gasteiger partial charge on any atom is 0.326 e. The topological polar surface area (TPSA) is 82.8 Å². The van der Waals surface area contributed by atoms with E-state index < -0.39 is 5.92 Å². The third kappa shape index (κ3) is 2.54. The quantitative estimate of drug-likeness (QED) is 0.698. The van der Waals surface area contributed by atoms with Crippen LogP contribution in [0.15, 0.2) is 42.5 Å². The number of aldehydes is 1. The molecule has 3 amide bonds. The normalized spacial score (nSPS) is 18.3. The number of aromatic hydroxyl groups is 1. The van der Waals surface area contributed by atoms with Crippen LogP contribution in [-0.2, 0) is 17.9 Å². The van der Waals surface area contributed by atoms with Gasteiger partial charge in [-0.1, -0.05) is 24.3 Å². The van der Waals surface area contributed by atoms with Gasteiger partial charge in [-0.2, -0.15) is 0 Å². The molecule has 7 heteroatoms. The molecule has 0 radical (unpaired) electrons. The number of hydrogen-bond acceptors (Lipinski definition) is 4. The first kappa shape index (κ1) is 17.5. The molecule has 2 aliphatic rings. The molecular formula is C22H19N3O4. The molecule has 0 spiro atoms. The number of likely N-dealkylation sites (N-methyl/N-ethyl adjacent to an activating group) is 1. The number of carbonyl (C=O) groups is 3. The van der Waals surface area contributed by atoms with Gasteiger partial charge in [0.15, 0.2) is 0 Å². The van der Waals surface area contributed by atoms with E-state index in [0.29, 0.717) is 25.2 Å². The summed E-state index contributed by atoms with van der Waals surface area (Å²) < 4.78 is 2.10. The first-order valence-electron chi connectivity index (χ1n) is 9.42. The zero-order valence-corrected chi connectivity index (χ0v) is 15.8. The number of urea groups is 1. The van der Waals surface area contributed by atoms with Crippen molar-refractivity contribution in [2.75, 3.05) is 13.6 Å². The van der Waals surface area contributed by atoms with Gasteiger partial charge in [0.2, 0.25) is 5.91 Å². The van der Waals surface area contributed by atoms with E-state index in [1.54, 1.807) is 29.2 Å². The summed E-state index contributed by atoms with van der Waals surface area (Å²) in [7, 11) is 1.51. The molecule has 5 rings (SSSR count). The molecule has 1 aromatic heterocycles. The van der Waals surface area contributed by atoms with Gasteiger partial charge in [0.1, 0.15) is 12.0 Å². The minimum absolute atomic E-state index is 0.142. The van der Waals surface area contributed by atoms with Gasteiger partial charge in [-0.15, -0.1) is 0 Å². The van der Waals surface area contributed by atoms with E-state index >= 15 is 0 Å². The molecule has 1 N–H and O–H groups in total. The second kappa shape index (κ2) is 6.20. The number of rotatable bonds is 3. The molecule has 1 saturated heterocycles. The van der Waals surface area contributed by atoms with E-state index in [4.69, 9.17) is 0 Å². The second-order valence-corrected chi connectivity index (χ2v) is 7.62. The average molecular weight is 389 g/mol. The van der Waals surface area contributed by atoms with Crippen molar-refractivity contribution in [2.45, 2.75) is 19.0 Å². The Bertz CT molecular complexity index is 1180. The summed E-state index contributed by atoms with van der Waals surface area (Å²) in [6, 6.07) is 12.2. The summed E-state index contributed by atoms with van der Waals surface area (Å²) in [5.74, 6) is -0.516. The van der Waals surface area contributed by atoms with Gasteiger partial charge in [-0.3, -0.25) is 14.5 Å². The fraction of sp³-hybridized carbons (Fsp3) is 0.227. The van der Waals surface area contributed by atoms with Crippen LogP contribution in [0.4, 0.5) is 4.79 Å². The third-order valence-corrected chi connectivity index (χ3v) is 5.93. The average Bonchev–Trinajstić information content (AvgIpc) is 3.03. The monoisotopic (exact) mass is 389 g/mol. The van der Waals surface area contributed by atoms with Crippen molar-refractivity contribution in [2.24, 2.45) is 0 Å². The largest absolute Gasteiger partial charge is 0.508 e. The van der Waals surface area contributed by atoms with Crippen molar-refractivity contribution in [1.29, 1.82) is 0 Å². The molecule has 3 aromatic rings. The molecule has 2 bridgehead atoms. The number of amides is 3. The smallest absolute Gasteiger partial charge is 0.326 e. The zero-order valence-electron chi connectivity index (χ0n) is 15.8.